The number of carbonyl (C=O) groups is 1. The zero-order chi connectivity index (χ0) is 23.4. The van der Waals surface area contributed by atoms with Crippen molar-refractivity contribution >= 4 is 34.7 Å². The minimum atomic E-state index is -0.412. The molecule has 1 saturated carbocycles. The molecule has 1 aromatic carbocycles. The molecule has 2 heterocycles. The number of carbonyl (C=O) groups excluding carboxylic acids is 1. The van der Waals surface area contributed by atoms with Crippen molar-refractivity contribution < 1.29 is 9.53 Å². The molecule has 2 aliphatic heterocycles. The monoisotopic (exact) mass is 464 g/mol. The maximum atomic E-state index is 12.2. The third-order valence-corrected chi connectivity index (χ3v) is 7.01. The molecule has 6 nitrogen and oxygen atoms in total. The van der Waals surface area contributed by atoms with Crippen molar-refractivity contribution in [2.75, 3.05) is 18.2 Å². The highest BCUT2D eigenvalue weighted by molar-refractivity contribution is 6.41. The Kier molecular flexibility index (Phi) is 7.29. The van der Waals surface area contributed by atoms with Crippen LogP contribution < -0.4 is 5.01 Å². The van der Waals surface area contributed by atoms with Gasteiger partial charge in [-0.15, -0.1) is 0 Å². The number of ether oxygens (including phenoxy) is 1. The van der Waals surface area contributed by atoms with Crippen LogP contribution in [0, 0.1) is 23.2 Å². The molecule has 0 aromatic heterocycles. The van der Waals surface area contributed by atoms with Gasteiger partial charge in [-0.1, -0.05) is 37.1 Å². The Morgan fingerprint density at radius 3 is 2.76 bits per heavy atom. The lowest BCUT2D eigenvalue weighted by Gasteiger charge is -2.33. The van der Waals surface area contributed by atoms with Crippen molar-refractivity contribution in [3.8, 4) is 6.07 Å². The van der Waals surface area contributed by atoms with E-state index in [1.54, 1.807) is 19.1 Å². The molecule has 0 saturated heterocycles. The molecule has 0 radical (unpaired) electrons. The van der Waals surface area contributed by atoms with E-state index in [9.17, 15) is 10.1 Å². The minimum Gasteiger partial charge on any atom is -0.461 e. The highest BCUT2D eigenvalue weighted by Crippen LogP contribution is 2.43. The molecule has 2 atom stereocenters. The van der Waals surface area contributed by atoms with Crippen LogP contribution in [0.5, 0.6) is 0 Å². The number of nitrogens with zero attached hydrogens (tertiary/aromatic N) is 4. The number of halogens is 1. The van der Waals surface area contributed by atoms with Gasteiger partial charge in [-0.25, -0.2) is 4.79 Å². The Hall–Kier alpha value is -2.91. The summed E-state index contributed by atoms with van der Waals surface area (Å²) >= 11 is 6.38. The highest BCUT2D eigenvalue weighted by Gasteiger charge is 2.43. The Balaban J connectivity index is 1.70. The molecule has 1 aromatic rings. The van der Waals surface area contributed by atoms with Crippen molar-refractivity contribution in [1.29, 1.82) is 5.26 Å². The van der Waals surface area contributed by atoms with Gasteiger partial charge in [0, 0.05) is 12.5 Å². The number of anilines is 1. The lowest BCUT2D eigenvalue weighted by molar-refractivity contribution is -0.134. The van der Waals surface area contributed by atoms with Gasteiger partial charge in [0.2, 0.25) is 0 Å². The molecule has 33 heavy (non-hydrogen) atoms. The predicted molar refractivity (Wildman–Crippen MR) is 132 cm³/mol. The molecule has 172 valence electrons. The smallest absolute Gasteiger partial charge is 0.356 e. The summed E-state index contributed by atoms with van der Waals surface area (Å²) in [5.74, 6) is 0.340. The average Bonchev–Trinajstić information content (AvgIpc) is 3.46. The fourth-order valence-electron chi connectivity index (χ4n) is 5.16. The van der Waals surface area contributed by atoms with Crippen molar-refractivity contribution in [3.05, 3.63) is 53.1 Å². The first-order valence-electron chi connectivity index (χ1n) is 11.7. The summed E-state index contributed by atoms with van der Waals surface area (Å²) in [4.78, 5) is 16.7. The fourth-order valence-corrected chi connectivity index (χ4v) is 5.38. The molecule has 2 unspecified atom stereocenters. The summed E-state index contributed by atoms with van der Waals surface area (Å²) in [6.45, 7) is 6.94. The number of benzene rings is 1. The van der Waals surface area contributed by atoms with Gasteiger partial charge in [0.15, 0.2) is 0 Å². The van der Waals surface area contributed by atoms with E-state index in [0.717, 1.165) is 29.8 Å². The number of hydrogen-bond donors (Lipinski definition) is 0. The zero-order valence-corrected chi connectivity index (χ0v) is 19.7. The highest BCUT2D eigenvalue weighted by atomic mass is 35.5. The first-order valence-corrected chi connectivity index (χ1v) is 12.1. The van der Waals surface area contributed by atoms with Crippen LogP contribution in [0.2, 0.25) is 5.02 Å². The van der Waals surface area contributed by atoms with Gasteiger partial charge in [-0.3, -0.25) is 10.0 Å². The first-order chi connectivity index (χ1) is 16.0. The Labute approximate surface area is 200 Å². The predicted octanol–water partition coefficient (Wildman–Crippen LogP) is 5.47. The van der Waals surface area contributed by atoms with Crippen LogP contribution in [0.4, 0.5) is 5.69 Å². The van der Waals surface area contributed by atoms with E-state index in [1.165, 1.54) is 25.7 Å². The largest absolute Gasteiger partial charge is 0.461 e. The van der Waals surface area contributed by atoms with Crippen LogP contribution in [0.25, 0.3) is 0 Å². The van der Waals surface area contributed by atoms with Gasteiger partial charge >= 0.3 is 5.97 Å². The van der Waals surface area contributed by atoms with Crippen molar-refractivity contribution in [3.63, 3.8) is 0 Å². The van der Waals surface area contributed by atoms with E-state index in [1.807, 2.05) is 18.2 Å². The second-order valence-electron chi connectivity index (χ2n) is 8.74. The summed E-state index contributed by atoms with van der Waals surface area (Å²) in [6, 6.07) is 7.86. The molecule has 1 aliphatic carbocycles. The summed E-state index contributed by atoms with van der Waals surface area (Å²) in [5.41, 5.74) is 3.40. The van der Waals surface area contributed by atoms with Crippen molar-refractivity contribution in [2.45, 2.75) is 51.5 Å². The Bertz CT molecular complexity index is 1060. The molecule has 0 bridgehead atoms. The lowest BCUT2D eigenvalue weighted by Crippen LogP contribution is -2.39. The number of aliphatic imine (C=N–C) groups is 1. The van der Waals surface area contributed by atoms with E-state index in [2.05, 4.69) is 22.6 Å². The van der Waals surface area contributed by atoms with E-state index < -0.39 is 5.97 Å². The summed E-state index contributed by atoms with van der Waals surface area (Å²) < 4.78 is 5.14. The fraction of sp³-hybridized carbons (Fsp3) is 0.462. The molecule has 3 aliphatic rings. The minimum absolute atomic E-state index is 0.213. The van der Waals surface area contributed by atoms with Gasteiger partial charge < -0.3 is 4.74 Å². The topological polar surface area (TPSA) is 78.0 Å². The van der Waals surface area contributed by atoms with Crippen LogP contribution in [0.1, 0.15) is 51.0 Å². The van der Waals surface area contributed by atoms with Gasteiger partial charge in [-0.2, -0.15) is 10.4 Å². The number of hydrazone groups is 1. The molecule has 0 amide bonds. The van der Waals surface area contributed by atoms with E-state index in [-0.39, 0.29) is 12.0 Å². The second-order valence-corrected chi connectivity index (χ2v) is 9.14. The van der Waals surface area contributed by atoms with Crippen LogP contribution in [0.3, 0.4) is 0 Å². The van der Waals surface area contributed by atoms with Gasteiger partial charge in [-0.05, 0) is 68.4 Å². The van der Waals surface area contributed by atoms with Crippen LogP contribution >= 0.6 is 11.6 Å². The number of fused-ring (bicyclic) bond motifs is 1. The number of nitriles is 1. The molecule has 4 rings (SSSR count). The molecule has 0 N–H and O–H groups in total. The maximum absolute atomic E-state index is 12.2. The average molecular weight is 465 g/mol. The molecule has 0 spiro atoms. The molecular weight excluding hydrogens is 436 g/mol. The number of rotatable bonds is 4. The molecule has 7 heteroatoms. The summed E-state index contributed by atoms with van der Waals surface area (Å²) in [5, 5.41) is 16.9. The second kappa shape index (κ2) is 10.4. The summed E-state index contributed by atoms with van der Waals surface area (Å²) in [6.07, 6.45) is 10.1. The molecule has 1 fully saturated rings. The Morgan fingerprint density at radius 2 is 2.06 bits per heavy atom. The van der Waals surface area contributed by atoms with Gasteiger partial charge in [0.25, 0.3) is 0 Å². The third kappa shape index (κ3) is 4.89. The van der Waals surface area contributed by atoms with Crippen LogP contribution in [0.15, 0.2) is 52.6 Å². The maximum Gasteiger partial charge on any atom is 0.356 e. The van der Waals surface area contributed by atoms with E-state index in [0.29, 0.717) is 35.4 Å². The third-order valence-electron chi connectivity index (χ3n) is 6.69. The van der Waals surface area contributed by atoms with Crippen molar-refractivity contribution in [2.24, 2.45) is 21.9 Å². The van der Waals surface area contributed by atoms with Crippen LogP contribution in [-0.2, 0) is 9.53 Å². The molecular formula is C26H29ClN4O2. The standard InChI is InChI=1S/C26H29ClN4O2/c1-3-33-26(32)23-13-10-17(2)24-21(9-6-14-29-23)25(18-7-4-5-8-18)31(30-24)20-12-11-19(16-28)22(27)15-20/h10-13,15,18,21,25H,2-9,14H2,1H3/b13-10-,29-23?. The van der Waals surface area contributed by atoms with E-state index in [4.69, 9.17) is 21.4 Å². The number of hydrogen-bond acceptors (Lipinski definition) is 6. The SMILES string of the molecule is C=C1/C=C\C(C(=O)OCC)=NCCCC2C1=NN(c1ccc(C#N)c(Cl)c1)C2C1CCCC1. The van der Waals surface area contributed by atoms with E-state index >= 15 is 0 Å². The van der Waals surface area contributed by atoms with Crippen LogP contribution in [-0.4, -0.2) is 36.6 Å². The normalized spacial score (nSPS) is 24.5. The summed E-state index contributed by atoms with van der Waals surface area (Å²) in [7, 11) is 0. The van der Waals surface area contributed by atoms with Crippen molar-refractivity contribution in [1.82, 2.24) is 0 Å². The Morgan fingerprint density at radius 1 is 1.27 bits per heavy atom. The lowest BCUT2D eigenvalue weighted by atomic mass is 9.80. The first kappa shape index (κ1) is 23.3. The van der Waals surface area contributed by atoms with Gasteiger partial charge in [0.05, 0.1) is 34.6 Å². The number of esters is 1. The zero-order valence-electron chi connectivity index (χ0n) is 19.0. The van der Waals surface area contributed by atoms with Gasteiger partial charge in [0.1, 0.15) is 11.8 Å². The quantitative estimate of drug-likeness (QED) is 0.553. The number of allylic oxidation sites excluding steroid dienone is 2.